The lowest BCUT2D eigenvalue weighted by Gasteiger charge is -2.08. The van der Waals surface area contributed by atoms with Crippen LogP contribution in [0.5, 0.6) is 0 Å². The first-order chi connectivity index (χ1) is 9.16. The molecule has 3 rings (SSSR count). The highest BCUT2D eigenvalue weighted by molar-refractivity contribution is 9.10. The molecule has 5 nitrogen and oxygen atoms in total. The third-order valence-electron chi connectivity index (χ3n) is 2.92. The molecule has 0 spiro atoms. The van der Waals surface area contributed by atoms with Gasteiger partial charge in [-0.15, -0.1) is 0 Å². The van der Waals surface area contributed by atoms with Gasteiger partial charge in [0.05, 0.1) is 16.8 Å². The molecule has 0 saturated carbocycles. The summed E-state index contributed by atoms with van der Waals surface area (Å²) in [6.07, 6.45) is 1.54. The van der Waals surface area contributed by atoms with Crippen molar-refractivity contribution in [1.29, 1.82) is 0 Å². The zero-order valence-corrected chi connectivity index (χ0v) is 12.1. The number of rotatable bonds is 2. The minimum Gasteiger partial charge on any atom is -0.339 e. The first kappa shape index (κ1) is 12.1. The molecule has 0 atom stereocenters. The fourth-order valence-electron chi connectivity index (χ4n) is 2.06. The molecule has 0 aliphatic carbocycles. The first-order valence-corrected chi connectivity index (χ1v) is 6.62. The van der Waals surface area contributed by atoms with Crippen LogP contribution in [0, 0.1) is 6.92 Å². The lowest BCUT2D eigenvalue weighted by atomic mass is 10.2. The van der Waals surface area contributed by atoms with Crippen molar-refractivity contribution in [2.24, 2.45) is 7.05 Å². The van der Waals surface area contributed by atoms with E-state index in [1.54, 1.807) is 11.0 Å². The molecule has 19 heavy (non-hydrogen) atoms. The Bertz CT molecular complexity index is 750. The molecule has 2 heterocycles. The van der Waals surface area contributed by atoms with Gasteiger partial charge in [-0.3, -0.25) is 4.68 Å². The number of anilines is 2. The highest BCUT2D eigenvalue weighted by Crippen LogP contribution is 2.29. The summed E-state index contributed by atoms with van der Waals surface area (Å²) in [4.78, 5) is 8.58. The van der Waals surface area contributed by atoms with E-state index < -0.39 is 0 Å². The normalized spacial score (nSPS) is 10.9. The maximum atomic E-state index is 4.38. The lowest BCUT2D eigenvalue weighted by Crippen LogP contribution is -1.97. The Hall–Kier alpha value is -1.95. The number of halogens is 1. The summed E-state index contributed by atoms with van der Waals surface area (Å²) in [7, 11) is 1.88. The summed E-state index contributed by atoms with van der Waals surface area (Å²) in [6.45, 7) is 1.96. The van der Waals surface area contributed by atoms with Crippen LogP contribution in [-0.2, 0) is 7.05 Å². The molecule has 96 valence electrons. The molecule has 1 aromatic carbocycles. The topological polar surface area (TPSA) is 55.6 Å². The molecule has 0 unspecified atom stereocenters. The van der Waals surface area contributed by atoms with E-state index in [0.29, 0.717) is 0 Å². The van der Waals surface area contributed by atoms with Crippen LogP contribution >= 0.6 is 15.9 Å². The third kappa shape index (κ3) is 2.08. The van der Waals surface area contributed by atoms with Gasteiger partial charge >= 0.3 is 0 Å². The Labute approximate surface area is 118 Å². The van der Waals surface area contributed by atoms with Gasteiger partial charge in [0, 0.05) is 11.5 Å². The Morgan fingerprint density at radius 1 is 1.21 bits per heavy atom. The van der Waals surface area contributed by atoms with Gasteiger partial charge in [-0.1, -0.05) is 12.1 Å². The largest absolute Gasteiger partial charge is 0.339 e. The van der Waals surface area contributed by atoms with Crippen molar-refractivity contribution in [2.75, 3.05) is 5.32 Å². The summed E-state index contributed by atoms with van der Waals surface area (Å²) in [6, 6.07) is 7.92. The zero-order chi connectivity index (χ0) is 13.4. The standard InChI is InChI=1S/C13H12BrN5/c1-8-11-12(15-7-16-13(11)19(2)18-8)17-10-6-4-3-5-9(10)14/h3-7H,1-2H3,(H,15,16,17). The van der Waals surface area contributed by atoms with E-state index in [1.807, 2.05) is 38.2 Å². The maximum absolute atomic E-state index is 4.38. The zero-order valence-electron chi connectivity index (χ0n) is 10.6. The molecular weight excluding hydrogens is 306 g/mol. The smallest absolute Gasteiger partial charge is 0.163 e. The second kappa shape index (κ2) is 4.62. The Morgan fingerprint density at radius 2 is 2.00 bits per heavy atom. The molecule has 0 aliphatic rings. The summed E-state index contributed by atoms with van der Waals surface area (Å²) in [5.74, 6) is 0.766. The highest BCUT2D eigenvalue weighted by atomic mass is 79.9. The number of aryl methyl sites for hydroxylation is 2. The van der Waals surface area contributed by atoms with E-state index in [4.69, 9.17) is 0 Å². The second-order valence-electron chi connectivity index (χ2n) is 4.23. The summed E-state index contributed by atoms with van der Waals surface area (Å²) >= 11 is 3.51. The van der Waals surface area contributed by atoms with Crippen LogP contribution in [-0.4, -0.2) is 19.7 Å². The average Bonchev–Trinajstić information content (AvgIpc) is 2.69. The molecule has 3 aromatic rings. The van der Waals surface area contributed by atoms with Gasteiger partial charge in [0.1, 0.15) is 12.1 Å². The van der Waals surface area contributed by atoms with Crippen LogP contribution < -0.4 is 5.32 Å². The molecule has 0 bridgehead atoms. The Morgan fingerprint density at radius 3 is 2.79 bits per heavy atom. The molecule has 1 N–H and O–H groups in total. The highest BCUT2D eigenvalue weighted by Gasteiger charge is 2.12. The third-order valence-corrected chi connectivity index (χ3v) is 3.61. The monoisotopic (exact) mass is 317 g/mol. The summed E-state index contributed by atoms with van der Waals surface area (Å²) in [5.41, 5.74) is 2.69. The molecular formula is C13H12BrN5. The minimum absolute atomic E-state index is 0.766. The Kier molecular flexibility index (Phi) is 2.94. The van der Waals surface area contributed by atoms with E-state index in [-0.39, 0.29) is 0 Å². The first-order valence-electron chi connectivity index (χ1n) is 5.82. The van der Waals surface area contributed by atoms with E-state index in [2.05, 4.69) is 36.3 Å². The maximum Gasteiger partial charge on any atom is 0.163 e. The van der Waals surface area contributed by atoms with Crippen molar-refractivity contribution in [3.05, 3.63) is 40.8 Å². The van der Waals surface area contributed by atoms with Gasteiger partial charge in [-0.25, -0.2) is 9.97 Å². The number of aromatic nitrogens is 4. The van der Waals surface area contributed by atoms with Crippen molar-refractivity contribution in [2.45, 2.75) is 6.92 Å². The fraction of sp³-hybridized carbons (Fsp3) is 0.154. The molecule has 2 aromatic heterocycles. The number of nitrogens with one attached hydrogen (secondary N) is 1. The number of hydrogen-bond donors (Lipinski definition) is 1. The molecule has 0 fully saturated rings. The molecule has 0 aliphatic heterocycles. The molecule has 0 saturated heterocycles. The van der Waals surface area contributed by atoms with Gasteiger partial charge < -0.3 is 5.32 Å². The van der Waals surface area contributed by atoms with Gasteiger partial charge in [-0.05, 0) is 35.0 Å². The van der Waals surface area contributed by atoms with Crippen molar-refractivity contribution < 1.29 is 0 Å². The van der Waals surface area contributed by atoms with E-state index in [1.165, 1.54) is 0 Å². The van der Waals surface area contributed by atoms with Gasteiger partial charge in [0.2, 0.25) is 0 Å². The van der Waals surface area contributed by atoms with Gasteiger partial charge in [-0.2, -0.15) is 5.10 Å². The van der Waals surface area contributed by atoms with E-state index in [0.717, 1.165) is 32.7 Å². The average molecular weight is 318 g/mol. The predicted octanol–water partition coefficient (Wildman–Crippen LogP) is 3.18. The number of hydrogen-bond acceptors (Lipinski definition) is 4. The number of nitrogens with zero attached hydrogens (tertiary/aromatic N) is 4. The van der Waals surface area contributed by atoms with Crippen LogP contribution in [0.2, 0.25) is 0 Å². The van der Waals surface area contributed by atoms with Gasteiger partial charge in [0.15, 0.2) is 5.65 Å². The second-order valence-corrected chi connectivity index (χ2v) is 5.09. The number of fused-ring (bicyclic) bond motifs is 1. The van der Waals surface area contributed by atoms with E-state index in [9.17, 15) is 0 Å². The van der Waals surface area contributed by atoms with Gasteiger partial charge in [0.25, 0.3) is 0 Å². The minimum atomic E-state index is 0.766. The van der Waals surface area contributed by atoms with Crippen LogP contribution in [0.1, 0.15) is 5.69 Å². The van der Waals surface area contributed by atoms with Crippen LogP contribution in [0.15, 0.2) is 35.1 Å². The number of benzene rings is 1. The predicted molar refractivity (Wildman–Crippen MR) is 78.5 cm³/mol. The van der Waals surface area contributed by atoms with E-state index >= 15 is 0 Å². The SMILES string of the molecule is Cc1nn(C)c2ncnc(Nc3ccccc3Br)c12. The molecule has 6 heteroatoms. The lowest BCUT2D eigenvalue weighted by molar-refractivity contribution is 0.773. The van der Waals surface area contributed by atoms with Crippen molar-refractivity contribution in [3.8, 4) is 0 Å². The fourth-order valence-corrected chi connectivity index (χ4v) is 2.45. The van der Waals surface area contributed by atoms with Crippen molar-refractivity contribution in [3.63, 3.8) is 0 Å². The molecule has 0 radical (unpaired) electrons. The van der Waals surface area contributed by atoms with Crippen molar-refractivity contribution in [1.82, 2.24) is 19.7 Å². The molecule has 0 amide bonds. The van der Waals surface area contributed by atoms with Crippen LogP contribution in [0.25, 0.3) is 11.0 Å². The van der Waals surface area contributed by atoms with Crippen LogP contribution in [0.3, 0.4) is 0 Å². The summed E-state index contributed by atoms with van der Waals surface area (Å²) < 4.78 is 2.75. The Balaban J connectivity index is 2.14. The number of para-hydroxylation sites is 1. The summed E-state index contributed by atoms with van der Waals surface area (Å²) in [5, 5.41) is 8.64. The quantitative estimate of drug-likeness (QED) is 0.788. The van der Waals surface area contributed by atoms with Crippen molar-refractivity contribution >= 4 is 38.5 Å². The van der Waals surface area contributed by atoms with Crippen LogP contribution in [0.4, 0.5) is 11.5 Å².